The summed E-state index contributed by atoms with van der Waals surface area (Å²) in [5.74, 6) is 1.03. The monoisotopic (exact) mass is 322 g/mol. The fraction of sp³-hybridized carbons (Fsp3) is 0.133. The lowest BCUT2D eigenvalue weighted by Gasteiger charge is -2.01. The van der Waals surface area contributed by atoms with E-state index in [1.807, 2.05) is 13.0 Å². The number of nitrogen functional groups attached to an aromatic ring is 2. The van der Waals surface area contributed by atoms with Crippen LogP contribution in [0.5, 0.6) is 5.75 Å². The Labute approximate surface area is 137 Å². The lowest BCUT2D eigenvalue weighted by Crippen LogP contribution is -2.03. The number of azo groups is 1. The van der Waals surface area contributed by atoms with Crippen molar-refractivity contribution in [1.29, 1.82) is 5.26 Å². The van der Waals surface area contributed by atoms with Gasteiger partial charge < -0.3 is 16.2 Å². The van der Waals surface area contributed by atoms with Crippen LogP contribution in [0, 0.1) is 11.3 Å². The van der Waals surface area contributed by atoms with E-state index in [1.165, 1.54) is 10.7 Å². The van der Waals surface area contributed by atoms with Crippen molar-refractivity contribution in [2.24, 2.45) is 10.2 Å². The molecule has 9 heteroatoms. The molecule has 0 unspecified atom stereocenters. The van der Waals surface area contributed by atoms with Crippen LogP contribution in [-0.4, -0.2) is 21.2 Å². The van der Waals surface area contributed by atoms with Gasteiger partial charge in [0.1, 0.15) is 23.2 Å². The predicted molar refractivity (Wildman–Crippen MR) is 88.3 cm³/mol. The van der Waals surface area contributed by atoms with E-state index in [0.29, 0.717) is 23.6 Å². The molecule has 1 aromatic carbocycles. The van der Waals surface area contributed by atoms with Crippen molar-refractivity contribution in [2.75, 3.05) is 18.1 Å². The molecule has 0 radical (unpaired) electrons. The number of nitrogens with two attached hydrogens (primary N) is 2. The maximum atomic E-state index is 8.97. The van der Waals surface area contributed by atoms with Gasteiger partial charge in [0.2, 0.25) is 0 Å². The average molecular weight is 322 g/mol. The lowest BCUT2D eigenvalue weighted by atomic mass is 10.3. The van der Waals surface area contributed by atoms with E-state index in [2.05, 4.69) is 20.3 Å². The smallest absolute Gasteiger partial charge is 0.187 e. The number of fused-ring (bicyclic) bond motifs is 1. The van der Waals surface area contributed by atoms with Crippen LogP contribution >= 0.6 is 0 Å². The molecular formula is C15H14N8O. The Morgan fingerprint density at radius 3 is 2.67 bits per heavy atom. The SMILES string of the molecule is CCOc1ccc(N=Nc2c(N)nn3c(N)c(C#N)cnc23)cc1. The number of hydrogen-bond acceptors (Lipinski definition) is 8. The highest BCUT2D eigenvalue weighted by atomic mass is 16.5. The van der Waals surface area contributed by atoms with Crippen LogP contribution in [0.4, 0.5) is 23.0 Å². The lowest BCUT2D eigenvalue weighted by molar-refractivity contribution is 0.340. The zero-order valence-electron chi connectivity index (χ0n) is 12.8. The molecule has 3 aromatic rings. The molecule has 0 saturated carbocycles. The second kappa shape index (κ2) is 6.21. The Morgan fingerprint density at radius 2 is 2.00 bits per heavy atom. The highest BCUT2D eigenvalue weighted by Gasteiger charge is 2.15. The van der Waals surface area contributed by atoms with Gasteiger partial charge in [-0.25, -0.2) is 4.98 Å². The summed E-state index contributed by atoms with van der Waals surface area (Å²) >= 11 is 0. The Kier molecular flexibility index (Phi) is 3.94. The van der Waals surface area contributed by atoms with Gasteiger partial charge in [0.05, 0.1) is 18.5 Å². The van der Waals surface area contributed by atoms with Gasteiger partial charge in [-0.3, -0.25) is 0 Å². The third-order valence-electron chi connectivity index (χ3n) is 3.22. The molecule has 0 bridgehead atoms. The van der Waals surface area contributed by atoms with Crippen molar-refractivity contribution in [3.8, 4) is 11.8 Å². The van der Waals surface area contributed by atoms with Crippen molar-refractivity contribution >= 4 is 28.7 Å². The Morgan fingerprint density at radius 1 is 1.25 bits per heavy atom. The summed E-state index contributed by atoms with van der Waals surface area (Å²) in [6.07, 6.45) is 1.35. The molecule has 0 aliphatic heterocycles. The molecule has 0 aliphatic carbocycles. The van der Waals surface area contributed by atoms with Crippen molar-refractivity contribution in [2.45, 2.75) is 6.92 Å². The standard InChI is InChI=1S/C15H14N8O/c1-2-24-11-5-3-10(4-6-11)20-21-12-13(17)22-23-14(18)9(7-16)8-19-15(12)23/h3-6,8H,2,18H2,1H3,(H2,17,22). The summed E-state index contributed by atoms with van der Waals surface area (Å²) in [7, 11) is 0. The van der Waals surface area contributed by atoms with Gasteiger partial charge in [-0.05, 0) is 31.2 Å². The van der Waals surface area contributed by atoms with Gasteiger partial charge in [-0.15, -0.1) is 10.2 Å². The maximum Gasteiger partial charge on any atom is 0.187 e. The van der Waals surface area contributed by atoms with Crippen LogP contribution in [0.2, 0.25) is 0 Å². The number of aromatic nitrogens is 3. The van der Waals surface area contributed by atoms with Gasteiger partial charge in [0.25, 0.3) is 0 Å². The summed E-state index contributed by atoms with van der Waals surface area (Å²) in [4.78, 5) is 4.13. The second-order valence-corrected chi connectivity index (χ2v) is 4.77. The molecule has 3 rings (SSSR count). The quantitative estimate of drug-likeness (QED) is 0.707. The molecule has 120 valence electrons. The number of nitrogens with zero attached hydrogens (tertiary/aromatic N) is 6. The summed E-state index contributed by atoms with van der Waals surface area (Å²) in [6.45, 7) is 2.51. The molecule has 0 aliphatic rings. The molecule has 2 aromatic heterocycles. The Balaban J connectivity index is 1.96. The largest absolute Gasteiger partial charge is 0.494 e. The van der Waals surface area contributed by atoms with Crippen LogP contribution in [0.15, 0.2) is 40.7 Å². The molecule has 0 amide bonds. The minimum Gasteiger partial charge on any atom is -0.494 e. The van der Waals surface area contributed by atoms with Gasteiger partial charge in [0.15, 0.2) is 17.2 Å². The molecular weight excluding hydrogens is 308 g/mol. The van der Waals surface area contributed by atoms with Crippen molar-refractivity contribution in [3.05, 3.63) is 36.0 Å². The van der Waals surface area contributed by atoms with Gasteiger partial charge in [0, 0.05) is 0 Å². The van der Waals surface area contributed by atoms with Gasteiger partial charge >= 0.3 is 0 Å². The first-order valence-corrected chi connectivity index (χ1v) is 7.11. The topological polar surface area (TPSA) is 140 Å². The number of anilines is 2. The van der Waals surface area contributed by atoms with E-state index in [-0.39, 0.29) is 17.2 Å². The molecule has 0 atom stereocenters. The third-order valence-corrected chi connectivity index (χ3v) is 3.22. The first-order chi connectivity index (χ1) is 11.6. The van der Waals surface area contributed by atoms with E-state index < -0.39 is 0 Å². The number of nitriles is 1. The summed E-state index contributed by atoms with van der Waals surface area (Å²) < 4.78 is 6.65. The van der Waals surface area contributed by atoms with Gasteiger partial charge in [-0.1, -0.05) is 0 Å². The number of benzene rings is 1. The first kappa shape index (κ1) is 15.2. The van der Waals surface area contributed by atoms with E-state index in [4.69, 9.17) is 21.5 Å². The summed E-state index contributed by atoms with van der Waals surface area (Å²) in [6, 6.07) is 9.07. The van der Waals surface area contributed by atoms with E-state index in [0.717, 1.165) is 5.75 Å². The Hall–Kier alpha value is -3.67. The van der Waals surface area contributed by atoms with Crippen molar-refractivity contribution in [1.82, 2.24) is 14.6 Å². The normalized spacial score (nSPS) is 11.0. The molecule has 9 nitrogen and oxygen atoms in total. The number of rotatable bonds is 4. The fourth-order valence-corrected chi connectivity index (χ4v) is 2.07. The van der Waals surface area contributed by atoms with Crippen molar-refractivity contribution < 1.29 is 4.74 Å². The summed E-state index contributed by atoms with van der Waals surface area (Å²) in [5, 5.41) is 21.3. The fourth-order valence-electron chi connectivity index (χ4n) is 2.07. The zero-order chi connectivity index (χ0) is 17.1. The van der Waals surface area contributed by atoms with Crippen LogP contribution in [0.1, 0.15) is 12.5 Å². The van der Waals surface area contributed by atoms with Crippen LogP contribution in [-0.2, 0) is 0 Å². The zero-order valence-corrected chi connectivity index (χ0v) is 12.8. The molecule has 2 heterocycles. The Bertz CT molecular complexity index is 952. The van der Waals surface area contributed by atoms with E-state index >= 15 is 0 Å². The van der Waals surface area contributed by atoms with Crippen LogP contribution in [0.25, 0.3) is 5.65 Å². The number of ether oxygens (including phenoxy) is 1. The number of hydrogen-bond donors (Lipinski definition) is 2. The highest BCUT2D eigenvalue weighted by molar-refractivity contribution is 5.77. The first-order valence-electron chi connectivity index (χ1n) is 7.11. The summed E-state index contributed by atoms with van der Waals surface area (Å²) in [5.41, 5.74) is 13.2. The van der Waals surface area contributed by atoms with E-state index in [9.17, 15) is 0 Å². The molecule has 0 spiro atoms. The van der Waals surface area contributed by atoms with Crippen molar-refractivity contribution in [3.63, 3.8) is 0 Å². The molecule has 24 heavy (non-hydrogen) atoms. The molecule has 0 saturated heterocycles. The van der Waals surface area contributed by atoms with Crippen LogP contribution < -0.4 is 16.2 Å². The second-order valence-electron chi connectivity index (χ2n) is 4.77. The minimum absolute atomic E-state index is 0.124. The predicted octanol–water partition coefficient (Wildman–Crippen LogP) is 2.58. The van der Waals surface area contributed by atoms with Gasteiger partial charge in [-0.2, -0.15) is 14.9 Å². The third kappa shape index (κ3) is 2.68. The highest BCUT2D eigenvalue weighted by Crippen LogP contribution is 2.30. The van der Waals surface area contributed by atoms with E-state index in [1.54, 1.807) is 24.3 Å². The van der Waals surface area contributed by atoms with Crippen LogP contribution in [0.3, 0.4) is 0 Å². The average Bonchev–Trinajstić information content (AvgIpc) is 2.91. The molecule has 4 N–H and O–H groups in total. The molecule has 0 fully saturated rings. The maximum absolute atomic E-state index is 8.97. The minimum atomic E-state index is 0.124.